The smallest absolute Gasteiger partial charge is 0.243 e. The van der Waals surface area contributed by atoms with Crippen LogP contribution >= 0.6 is 0 Å². The highest BCUT2D eigenvalue weighted by Gasteiger charge is 2.32. The van der Waals surface area contributed by atoms with Crippen molar-refractivity contribution in [2.45, 2.75) is 36.6 Å². The standard InChI is InChI=1S/C20H26FN5O2S/c1-22-20-17-9-11-26(29(27,28)16-7-5-15(21)6-8-16)13-18(17)23-19(24-20)14-4-3-10-25(2)12-14/h5-8,14H,3-4,9-13H2,1-2H3,(H,22,23,24)/t14-/m1/s1. The van der Waals surface area contributed by atoms with E-state index in [0.29, 0.717) is 13.0 Å². The van der Waals surface area contributed by atoms with Crippen molar-refractivity contribution in [1.82, 2.24) is 19.2 Å². The van der Waals surface area contributed by atoms with Crippen molar-refractivity contribution < 1.29 is 12.8 Å². The summed E-state index contributed by atoms with van der Waals surface area (Å²) in [5.41, 5.74) is 1.73. The Morgan fingerprint density at radius 2 is 1.93 bits per heavy atom. The first-order valence-electron chi connectivity index (χ1n) is 9.90. The van der Waals surface area contributed by atoms with Crippen LogP contribution in [0.5, 0.6) is 0 Å². The van der Waals surface area contributed by atoms with Crippen molar-refractivity contribution >= 4 is 15.8 Å². The second-order valence-electron chi connectivity index (χ2n) is 7.75. The molecule has 2 aromatic rings. The summed E-state index contributed by atoms with van der Waals surface area (Å²) in [5, 5.41) is 3.16. The quantitative estimate of drug-likeness (QED) is 0.819. The summed E-state index contributed by atoms with van der Waals surface area (Å²) >= 11 is 0. The monoisotopic (exact) mass is 419 g/mol. The molecule has 1 aromatic heterocycles. The summed E-state index contributed by atoms with van der Waals surface area (Å²) in [5.74, 6) is 1.36. The van der Waals surface area contributed by atoms with Gasteiger partial charge in [0, 0.05) is 31.6 Å². The summed E-state index contributed by atoms with van der Waals surface area (Å²) in [4.78, 5) is 11.9. The van der Waals surface area contributed by atoms with Crippen LogP contribution in [0.1, 0.15) is 35.8 Å². The number of hydrogen-bond donors (Lipinski definition) is 1. The molecule has 0 radical (unpaired) electrons. The molecule has 1 saturated heterocycles. The Balaban J connectivity index is 1.65. The van der Waals surface area contributed by atoms with Crippen LogP contribution in [0.3, 0.4) is 0 Å². The molecule has 0 bridgehead atoms. The predicted molar refractivity (Wildman–Crippen MR) is 109 cm³/mol. The van der Waals surface area contributed by atoms with Crippen molar-refractivity contribution in [3.8, 4) is 0 Å². The number of hydrogen-bond acceptors (Lipinski definition) is 6. The third-order valence-electron chi connectivity index (χ3n) is 5.73. The van der Waals surface area contributed by atoms with Crippen LogP contribution in [-0.2, 0) is 23.0 Å². The molecule has 0 spiro atoms. The fourth-order valence-electron chi connectivity index (χ4n) is 4.15. The van der Waals surface area contributed by atoms with E-state index in [1.165, 1.54) is 28.6 Å². The number of piperidine rings is 1. The van der Waals surface area contributed by atoms with Crippen LogP contribution in [-0.4, -0.2) is 61.3 Å². The van der Waals surface area contributed by atoms with Crippen LogP contribution in [0.15, 0.2) is 29.2 Å². The molecule has 1 atom stereocenters. The summed E-state index contributed by atoms with van der Waals surface area (Å²) < 4.78 is 40.7. The first-order chi connectivity index (χ1) is 13.9. The molecule has 0 amide bonds. The van der Waals surface area contributed by atoms with Crippen LogP contribution in [0.25, 0.3) is 0 Å². The summed E-state index contributed by atoms with van der Waals surface area (Å²) in [6, 6.07) is 4.96. The zero-order chi connectivity index (χ0) is 20.6. The van der Waals surface area contributed by atoms with Gasteiger partial charge in [0.15, 0.2) is 0 Å². The molecule has 1 aromatic carbocycles. The minimum Gasteiger partial charge on any atom is -0.373 e. The number of likely N-dealkylation sites (tertiary alicyclic amines) is 1. The lowest BCUT2D eigenvalue weighted by atomic mass is 9.96. The lowest BCUT2D eigenvalue weighted by Crippen LogP contribution is -2.37. The van der Waals surface area contributed by atoms with E-state index in [1.807, 2.05) is 7.05 Å². The lowest BCUT2D eigenvalue weighted by Gasteiger charge is -2.31. The number of benzene rings is 1. The number of nitrogens with zero attached hydrogens (tertiary/aromatic N) is 4. The number of anilines is 1. The average molecular weight is 420 g/mol. The van der Waals surface area contributed by atoms with Gasteiger partial charge in [-0.1, -0.05) is 0 Å². The molecule has 0 aliphatic carbocycles. The molecule has 1 fully saturated rings. The second-order valence-corrected chi connectivity index (χ2v) is 9.69. The Bertz CT molecular complexity index is 997. The maximum atomic E-state index is 13.2. The van der Waals surface area contributed by atoms with Crippen LogP contribution in [0.2, 0.25) is 0 Å². The maximum Gasteiger partial charge on any atom is 0.243 e. The molecule has 9 heteroatoms. The summed E-state index contributed by atoms with van der Waals surface area (Å²) in [6.07, 6.45) is 2.67. The predicted octanol–water partition coefficient (Wildman–Crippen LogP) is 2.21. The van der Waals surface area contributed by atoms with E-state index in [1.54, 1.807) is 0 Å². The van der Waals surface area contributed by atoms with Gasteiger partial charge in [0.2, 0.25) is 10.0 Å². The molecular formula is C20H26FN5O2S. The van der Waals surface area contributed by atoms with Crippen molar-refractivity contribution in [1.29, 1.82) is 0 Å². The molecule has 29 heavy (non-hydrogen) atoms. The number of nitrogens with one attached hydrogen (secondary N) is 1. The number of sulfonamides is 1. The highest BCUT2D eigenvalue weighted by Crippen LogP contribution is 2.31. The third kappa shape index (κ3) is 3.99. The fourth-order valence-corrected chi connectivity index (χ4v) is 5.55. The number of aromatic nitrogens is 2. The molecule has 7 nitrogen and oxygen atoms in total. The number of rotatable bonds is 4. The van der Waals surface area contributed by atoms with Gasteiger partial charge < -0.3 is 10.2 Å². The molecule has 0 unspecified atom stereocenters. The SMILES string of the molecule is CNc1nc([C@@H]2CCCN(C)C2)nc2c1CCN(S(=O)(=O)c1ccc(F)cc1)C2. The largest absolute Gasteiger partial charge is 0.373 e. The van der Waals surface area contributed by atoms with Gasteiger partial charge >= 0.3 is 0 Å². The number of halogens is 1. The number of likely N-dealkylation sites (N-methyl/N-ethyl adjacent to an activating group) is 1. The van der Waals surface area contributed by atoms with Gasteiger partial charge in [-0.05, 0) is 57.1 Å². The first kappa shape index (κ1) is 20.2. The Morgan fingerprint density at radius 1 is 1.17 bits per heavy atom. The molecular weight excluding hydrogens is 393 g/mol. The fraction of sp³-hybridized carbons (Fsp3) is 0.500. The minimum atomic E-state index is -3.71. The second kappa shape index (κ2) is 7.97. The lowest BCUT2D eigenvalue weighted by molar-refractivity contribution is 0.245. The normalized spacial score (nSPS) is 21.0. The Kier molecular flexibility index (Phi) is 5.54. The van der Waals surface area contributed by atoms with E-state index in [-0.39, 0.29) is 17.4 Å². The van der Waals surface area contributed by atoms with Crippen molar-refractivity contribution in [2.24, 2.45) is 0 Å². The Morgan fingerprint density at radius 3 is 2.62 bits per heavy atom. The van der Waals surface area contributed by atoms with Crippen molar-refractivity contribution in [2.75, 3.05) is 39.0 Å². The average Bonchev–Trinajstić information content (AvgIpc) is 2.72. The Labute approximate surface area is 171 Å². The van der Waals surface area contributed by atoms with E-state index in [9.17, 15) is 12.8 Å². The molecule has 1 N–H and O–H groups in total. The summed E-state index contributed by atoms with van der Waals surface area (Å²) in [7, 11) is 0.222. The van der Waals surface area contributed by atoms with Crippen molar-refractivity contribution in [3.05, 3.63) is 47.2 Å². The van der Waals surface area contributed by atoms with E-state index < -0.39 is 15.8 Å². The van der Waals surface area contributed by atoms with Gasteiger partial charge in [0.05, 0.1) is 17.1 Å². The van der Waals surface area contributed by atoms with Crippen LogP contribution < -0.4 is 5.32 Å². The highest BCUT2D eigenvalue weighted by molar-refractivity contribution is 7.89. The highest BCUT2D eigenvalue weighted by atomic mass is 32.2. The molecule has 4 rings (SSSR count). The van der Waals surface area contributed by atoms with E-state index in [2.05, 4.69) is 17.3 Å². The summed E-state index contributed by atoms with van der Waals surface area (Å²) in [6.45, 7) is 2.52. The van der Waals surface area contributed by atoms with Gasteiger partial charge in [-0.2, -0.15) is 4.31 Å². The van der Waals surface area contributed by atoms with Crippen molar-refractivity contribution in [3.63, 3.8) is 0 Å². The first-order valence-corrected chi connectivity index (χ1v) is 11.3. The zero-order valence-corrected chi connectivity index (χ0v) is 17.5. The van der Waals surface area contributed by atoms with Crippen LogP contribution in [0, 0.1) is 5.82 Å². The van der Waals surface area contributed by atoms with Gasteiger partial charge in [0.1, 0.15) is 17.5 Å². The zero-order valence-electron chi connectivity index (χ0n) is 16.7. The molecule has 3 heterocycles. The minimum absolute atomic E-state index is 0.0966. The maximum absolute atomic E-state index is 13.2. The van der Waals surface area contributed by atoms with Gasteiger partial charge in [-0.3, -0.25) is 0 Å². The Hall–Kier alpha value is -2.10. The van der Waals surface area contributed by atoms with Gasteiger partial charge in [-0.15, -0.1) is 0 Å². The molecule has 2 aliphatic rings. The van der Waals surface area contributed by atoms with Gasteiger partial charge in [-0.25, -0.2) is 22.8 Å². The van der Waals surface area contributed by atoms with Crippen LogP contribution in [0.4, 0.5) is 10.2 Å². The van der Waals surface area contributed by atoms with E-state index in [4.69, 9.17) is 9.97 Å². The topological polar surface area (TPSA) is 78.4 Å². The molecule has 156 valence electrons. The number of fused-ring (bicyclic) bond motifs is 1. The van der Waals surface area contributed by atoms with Gasteiger partial charge in [0.25, 0.3) is 0 Å². The van der Waals surface area contributed by atoms with E-state index >= 15 is 0 Å². The molecule has 0 saturated carbocycles. The third-order valence-corrected chi connectivity index (χ3v) is 7.58. The molecule has 2 aliphatic heterocycles. The van der Waals surface area contributed by atoms with E-state index in [0.717, 1.165) is 48.8 Å².